The van der Waals surface area contributed by atoms with Crippen LogP contribution in [0.4, 0.5) is 5.69 Å². The number of hydrogen-bond acceptors (Lipinski definition) is 4. The Hall–Kier alpha value is -1.10. The van der Waals surface area contributed by atoms with Crippen molar-refractivity contribution in [2.24, 2.45) is 4.99 Å². The van der Waals surface area contributed by atoms with Gasteiger partial charge in [-0.05, 0) is 50.8 Å². The van der Waals surface area contributed by atoms with Crippen LogP contribution in [0.2, 0.25) is 5.02 Å². The fourth-order valence-corrected chi connectivity index (χ4v) is 3.20. The minimum absolute atomic E-state index is 0. The zero-order valence-corrected chi connectivity index (χ0v) is 20.9. The third kappa shape index (κ3) is 10.8. The molecule has 0 saturated carbocycles. The Balaban J connectivity index is 0.00000450. The van der Waals surface area contributed by atoms with Gasteiger partial charge < -0.3 is 25.4 Å². The molecule has 1 aromatic carbocycles. The van der Waals surface area contributed by atoms with Crippen LogP contribution in [0, 0.1) is 6.92 Å². The van der Waals surface area contributed by atoms with E-state index in [1.807, 2.05) is 32.0 Å². The number of nitrogens with zero attached hydrogens (tertiary/aromatic N) is 1. The average molecular weight is 553 g/mol. The van der Waals surface area contributed by atoms with Crippen molar-refractivity contribution in [3.63, 3.8) is 0 Å². The van der Waals surface area contributed by atoms with Gasteiger partial charge in [0.2, 0.25) is 5.91 Å². The van der Waals surface area contributed by atoms with E-state index in [0.717, 1.165) is 38.0 Å². The highest BCUT2D eigenvalue weighted by Gasteiger charge is 2.14. The van der Waals surface area contributed by atoms with E-state index in [1.54, 1.807) is 0 Å². The molecule has 1 aliphatic heterocycles. The van der Waals surface area contributed by atoms with Crippen LogP contribution < -0.4 is 16.0 Å². The van der Waals surface area contributed by atoms with Crippen molar-refractivity contribution >= 4 is 53.1 Å². The van der Waals surface area contributed by atoms with Crippen LogP contribution in [0.1, 0.15) is 38.2 Å². The molecule has 1 fully saturated rings. The molecule has 3 N–H and O–H groups in total. The number of halogens is 2. The van der Waals surface area contributed by atoms with Gasteiger partial charge in [0.1, 0.15) is 0 Å². The maximum absolute atomic E-state index is 12.1. The first-order chi connectivity index (χ1) is 14.1. The van der Waals surface area contributed by atoms with E-state index < -0.39 is 0 Å². The first kappa shape index (κ1) is 26.9. The van der Waals surface area contributed by atoms with Crippen molar-refractivity contribution < 1.29 is 14.3 Å². The minimum atomic E-state index is -0.0957. The van der Waals surface area contributed by atoms with E-state index in [2.05, 4.69) is 20.9 Å². The SMILES string of the molecule is CCNC(=NCCCOCC1CCCO1)NCCC(=O)Nc1ccc(C)cc1Cl.I. The van der Waals surface area contributed by atoms with E-state index in [9.17, 15) is 4.79 Å². The van der Waals surface area contributed by atoms with Crippen LogP contribution in [0.3, 0.4) is 0 Å². The van der Waals surface area contributed by atoms with E-state index >= 15 is 0 Å². The number of ether oxygens (including phenoxy) is 2. The first-order valence-electron chi connectivity index (χ1n) is 10.4. The number of hydrogen-bond donors (Lipinski definition) is 3. The number of amides is 1. The molecule has 9 heteroatoms. The molecule has 1 unspecified atom stereocenters. The fraction of sp³-hybridized carbons (Fsp3) is 0.619. The minimum Gasteiger partial charge on any atom is -0.379 e. The molecular weight excluding hydrogens is 519 g/mol. The van der Waals surface area contributed by atoms with Crippen molar-refractivity contribution in [1.29, 1.82) is 0 Å². The Morgan fingerprint density at radius 2 is 2.20 bits per heavy atom. The molecule has 170 valence electrons. The average Bonchev–Trinajstić information content (AvgIpc) is 3.20. The molecule has 0 aliphatic carbocycles. The summed E-state index contributed by atoms with van der Waals surface area (Å²) in [7, 11) is 0. The first-order valence-corrected chi connectivity index (χ1v) is 10.7. The zero-order valence-electron chi connectivity index (χ0n) is 17.8. The largest absolute Gasteiger partial charge is 0.379 e. The van der Waals surface area contributed by atoms with Gasteiger partial charge in [-0.25, -0.2) is 0 Å². The molecule has 1 aromatic rings. The van der Waals surface area contributed by atoms with Crippen LogP contribution in [0.15, 0.2) is 23.2 Å². The lowest BCUT2D eigenvalue weighted by Gasteiger charge is -2.12. The lowest BCUT2D eigenvalue weighted by atomic mass is 10.2. The summed E-state index contributed by atoms with van der Waals surface area (Å²) < 4.78 is 11.2. The topological polar surface area (TPSA) is 84.0 Å². The third-order valence-electron chi connectivity index (χ3n) is 4.43. The molecule has 7 nitrogen and oxygen atoms in total. The Morgan fingerprint density at radius 1 is 1.37 bits per heavy atom. The molecular formula is C21H34ClIN4O3. The molecule has 0 aromatic heterocycles. The molecule has 30 heavy (non-hydrogen) atoms. The van der Waals surface area contributed by atoms with Gasteiger partial charge in [-0.15, -0.1) is 24.0 Å². The number of carbonyl (C=O) groups is 1. The number of benzene rings is 1. The second kappa shape index (κ2) is 15.7. The molecule has 1 amide bonds. The molecule has 0 spiro atoms. The smallest absolute Gasteiger partial charge is 0.226 e. The Morgan fingerprint density at radius 3 is 2.90 bits per heavy atom. The molecule has 1 atom stereocenters. The second-order valence-electron chi connectivity index (χ2n) is 7.03. The number of carbonyl (C=O) groups excluding carboxylic acids is 1. The monoisotopic (exact) mass is 552 g/mol. The number of aliphatic imine (C=N–C) groups is 1. The summed E-state index contributed by atoms with van der Waals surface area (Å²) in [6.45, 7) is 8.05. The van der Waals surface area contributed by atoms with Gasteiger partial charge in [-0.1, -0.05) is 17.7 Å². The summed E-state index contributed by atoms with van der Waals surface area (Å²) in [6, 6.07) is 5.56. The van der Waals surface area contributed by atoms with Crippen LogP contribution >= 0.6 is 35.6 Å². The van der Waals surface area contributed by atoms with Gasteiger partial charge in [0.05, 0.1) is 23.4 Å². The quantitative estimate of drug-likeness (QED) is 0.169. The van der Waals surface area contributed by atoms with Crippen LogP contribution in [-0.2, 0) is 14.3 Å². The van der Waals surface area contributed by atoms with E-state index in [4.69, 9.17) is 21.1 Å². The van der Waals surface area contributed by atoms with Crippen LogP contribution in [0.25, 0.3) is 0 Å². The molecule has 0 radical (unpaired) electrons. The Labute approximate surface area is 201 Å². The fourth-order valence-electron chi connectivity index (χ4n) is 2.92. The third-order valence-corrected chi connectivity index (χ3v) is 4.74. The number of nitrogens with one attached hydrogen (secondary N) is 3. The summed E-state index contributed by atoms with van der Waals surface area (Å²) in [4.78, 5) is 16.7. The van der Waals surface area contributed by atoms with Crippen molar-refractivity contribution in [2.45, 2.75) is 45.6 Å². The van der Waals surface area contributed by atoms with Gasteiger partial charge in [0, 0.05) is 39.3 Å². The lowest BCUT2D eigenvalue weighted by Crippen LogP contribution is -2.38. The highest BCUT2D eigenvalue weighted by atomic mass is 127. The van der Waals surface area contributed by atoms with Gasteiger partial charge in [0.25, 0.3) is 0 Å². The maximum atomic E-state index is 12.1. The molecule has 0 bridgehead atoms. The van der Waals surface area contributed by atoms with Crippen molar-refractivity contribution in [3.8, 4) is 0 Å². The molecule has 1 saturated heterocycles. The van der Waals surface area contributed by atoms with E-state index in [1.165, 1.54) is 0 Å². The van der Waals surface area contributed by atoms with E-state index in [0.29, 0.717) is 49.4 Å². The van der Waals surface area contributed by atoms with Crippen LogP contribution in [-0.4, -0.2) is 57.4 Å². The predicted molar refractivity (Wildman–Crippen MR) is 133 cm³/mol. The highest BCUT2D eigenvalue weighted by molar-refractivity contribution is 14.0. The summed E-state index contributed by atoms with van der Waals surface area (Å²) >= 11 is 6.15. The second-order valence-corrected chi connectivity index (χ2v) is 7.44. The number of aryl methyl sites for hydroxylation is 1. The summed E-state index contributed by atoms with van der Waals surface area (Å²) in [5.74, 6) is 0.606. The Bertz CT molecular complexity index is 670. The molecule has 2 rings (SSSR count). The maximum Gasteiger partial charge on any atom is 0.226 e. The molecule has 1 aliphatic rings. The van der Waals surface area contributed by atoms with Crippen molar-refractivity contribution in [1.82, 2.24) is 10.6 Å². The van der Waals surface area contributed by atoms with Gasteiger partial charge in [-0.3, -0.25) is 9.79 Å². The van der Waals surface area contributed by atoms with Gasteiger partial charge >= 0.3 is 0 Å². The zero-order chi connectivity index (χ0) is 20.9. The predicted octanol–water partition coefficient (Wildman–Crippen LogP) is 3.74. The normalized spacial score (nSPS) is 16.1. The summed E-state index contributed by atoms with van der Waals surface area (Å²) in [6.07, 6.45) is 3.65. The number of guanidine groups is 1. The summed E-state index contributed by atoms with van der Waals surface area (Å²) in [5.41, 5.74) is 1.68. The van der Waals surface area contributed by atoms with Crippen LogP contribution in [0.5, 0.6) is 0 Å². The van der Waals surface area contributed by atoms with Gasteiger partial charge in [-0.2, -0.15) is 0 Å². The number of anilines is 1. The van der Waals surface area contributed by atoms with Crippen molar-refractivity contribution in [2.75, 3.05) is 44.8 Å². The van der Waals surface area contributed by atoms with E-state index in [-0.39, 0.29) is 36.0 Å². The summed E-state index contributed by atoms with van der Waals surface area (Å²) in [5, 5.41) is 9.74. The lowest BCUT2D eigenvalue weighted by molar-refractivity contribution is -0.116. The standard InChI is InChI=1S/C21H33ClN4O3.HI/c1-3-23-21(24-10-5-12-28-15-17-6-4-13-29-17)25-11-9-20(27)26-19-8-7-16(2)14-18(19)22;/h7-8,14,17H,3-6,9-13,15H2,1-2H3,(H,26,27)(H2,23,24,25);1H. The van der Waals surface area contributed by atoms with Crippen molar-refractivity contribution in [3.05, 3.63) is 28.8 Å². The Kier molecular flexibility index (Phi) is 14.1. The molecule has 1 heterocycles. The van der Waals surface area contributed by atoms with Gasteiger partial charge in [0.15, 0.2) is 5.96 Å². The highest BCUT2D eigenvalue weighted by Crippen LogP contribution is 2.22. The number of rotatable bonds is 11.